The van der Waals surface area contributed by atoms with Gasteiger partial charge in [-0.25, -0.2) is 0 Å². The lowest BCUT2D eigenvalue weighted by atomic mass is 10.1. The van der Waals surface area contributed by atoms with Crippen molar-refractivity contribution in [2.45, 2.75) is 12.5 Å². The molecule has 1 aromatic carbocycles. The number of likely N-dealkylation sites (tertiary alicyclic amines) is 1. The minimum atomic E-state index is -0.130. The van der Waals surface area contributed by atoms with Gasteiger partial charge in [-0.05, 0) is 25.6 Å². The quantitative estimate of drug-likeness (QED) is 0.825. The van der Waals surface area contributed by atoms with E-state index >= 15 is 0 Å². The van der Waals surface area contributed by atoms with Gasteiger partial charge in [0.15, 0.2) is 0 Å². The van der Waals surface area contributed by atoms with Crippen LogP contribution in [0.1, 0.15) is 18.0 Å². The molecule has 1 amide bonds. The number of hydrogen-bond acceptors (Lipinski definition) is 3. The predicted molar refractivity (Wildman–Crippen MR) is 72.0 cm³/mol. The van der Waals surface area contributed by atoms with Crippen LogP contribution in [0.2, 0.25) is 0 Å². The van der Waals surface area contributed by atoms with E-state index < -0.39 is 0 Å². The number of nitrogens with one attached hydrogen (secondary N) is 1. The average molecular weight is 247 g/mol. The van der Waals surface area contributed by atoms with Gasteiger partial charge in [0.2, 0.25) is 5.91 Å². The molecular weight excluding hydrogens is 226 g/mol. The molecule has 1 aromatic rings. The second-order valence-electron chi connectivity index (χ2n) is 5.01. The first-order chi connectivity index (χ1) is 8.66. The average Bonchev–Trinajstić information content (AvgIpc) is 2.83. The summed E-state index contributed by atoms with van der Waals surface area (Å²) in [5.41, 5.74) is 7.10. The van der Waals surface area contributed by atoms with Gasteiger partial charge in [0.1, 0.15) is 0 Å². The van der Waals surface area contributed by atoms with Crippen molar-refractivity contribution in [2.75, 3.05) is 26.7 Å². The molecule has 1 aliphatic heterocycles. The number of amides is 1. The number of carbonyl (C=O) groups excluding carboxylic acids is 1. The number of nitrogens with two attached hydrogens (primary N) is 1. The smallest absolute Gasteiger partial charge is 0.224 e. The van der Waals surface area contributed by atoms with E-state index in [1.807, 2.05) is 37.4 Å². The summed E-state index contributed by atoms with van der Waals surface area (Å²) < 4.78 is 0. The third kappa shape index (κ3) is 3.31. The van der Waals surface area contributed by atoms with Gasteiger partial charge in [0.25, 0.3) is 0 Å². The van der Waals surface area contributed by atoms with Crippen molar-refractivity contribution in [3.05, 3.63) is 35.9 Å². The summed E-state index contributed by atoms with van der Waals surface area (Å²) in [5.74, 6) is 0.253. The van der Waals surface area contributed by atoms with Crippen LogP contribution < -0.4 is 11.1 Å². The fraction of sp³-hybridized carbons (Fsp3) is 0.500. The van der Waals surface area contributed by atoms with Crippen LogP contribution in [0.4, 0.5) is 0 Å². The zero-order valence-corrected chi connectivity index (χ0v) is 10.8. The second kappa shape index (κ2) is 5.98. The summed E-state index contributed by atoms with van der Waals surface area (Å²) >= 11 is 0. The van der Waals surface area contributed by atoms with Crippen LogP contribution in [0, 0.1) is 5.92 Å². The molecule has 4 heteroatoms. The molecule has 98 valence electrons. The molecule has 1 aliphatic rings. The van der Waals surface area contributed by atoms with E-state index in [4.69, 9.17) is 5.73 Å². The molecular formula is C14H21N3O. The maximum absolute atomic E-state index is 11.9. The van der Waals surface area contributed by atoms with Crippen molar-refractivity contribution >= 4 is 5.91 Å². The van der Waals surface area contributed by atoms with Gasteiger partial charge in [-0.1, -0.05) is 30.3 Å². The summed E-state index contributed by atoms with van der Waals surface area (Å²) in [6.45, 7) is 2.36. The monoisotopic (exact) mass is 247 g/mol. The Balaban J connectivity index is 1.79. The van der Waals surface area contributed by atoms with Crippen LogP contribution in [0.25, 0.3) is 0 Å². The van der Waals surface area contributed by atoms with E-state index in [0.717, 1.165) is 25.1 Å². The van der Waals surface area contributed by atoms with Crippen molar-refractivity contribution in [1.82, 2.24) is 10.2 Å². The molecule has 0 radical (unpaired) electrons. The molecule has 0 bridgehead atoms. The first-order valence-electron chi connectivity index (χ1n) is 6.43. The van der Waals surface area contributed by atoms with Crippen LogP contribution in [0.3, 0.4) is 0 Å². The van der Waals surface area contributed by atoms with Gasteiger partial charge in [0.05, 0.1) is 5.92 Å². The summed E-state index contributed by atoms with van der Waals surface area (Å²) in [5, 5.41) is 2.95. The largest absolute Gasteiger partial charge is 0.354 e. The molecule has 1 heterocycles. The Labute approximate surface area is 108 Å². The number of hydrogen-bond donors (Lipinski definition) is 2. The number of rotatable bonds is 4. The Hall–Kier alpha value is -1.39. The maximum Gasteiger partial charge on any atom is 0.224 e. The lowest BCUT2D eigenvalue weighted by Gasteiger charge is -2.15. The zero-order chi connectivity index (χ0) is 13.0. The van der Waals surface area contributed by atoms with Crippen molar-refractivity contribution < 1.29 is 4.79 Å². The number of nitrogens with zero attached hydrogens (tertiary/aromatic N) is 1. The fourth-order valence-electron chi connectivity index (χ4n) is 2.32. The lowest BCUT2D eigenvalue weighted by Crippen LogP contribution is -2.36. The van der Waals surface area contributed by atoms with E-state index in [0.29, 0.717) is 6.54 Å². The summed E-state index contributed by atoms with van der Waals surface area (Å²) in [4.78, 5) is 14.1. The Morgan fingerprint density at radius 1 is 1.50 bits per heavy atom. The summed E-state index contributed by atoms with van der Waals surface area (Å²) in [7, 11) is 2.04. The Morgan fingerprint density at radius 2 is 2.22 bits per heavy atom. The standard InChI is InChI=1S/C14H21N3O/c1-17-8-7-12(10-17)14(18)16-9-13(15)11-5-3-2-4-6-11/h2-6,12-13H,7-10,15H2,1H3,(H,16,18). The highest BCUT2D eigenvalue weighted by Crippen LogP contribution is 2.14. The zero-order valence-electron chi connectivity index (χ0n) is 10.8. The number of benzene rings is 1. The maximum atomic E-state index is 11.9. The van der Waals surface area contributed by atoms with Gasteiger partial charge in [0, 0.05) is 19.1 Å². The fourth-order valence-corrected chi connectivity index (χ4v) is 2.32. The highest BCUT2D eigenvalue weighted by atomic mass is 16.1. The molecule has 0 aliphatic carbocycles. The van der Waals surface area contributed by atoms with E-state index in [9.17, 15) is 4.79 Å². The molecule has 0 spiro atoms. The molecule has 2 rings (SSSR count). The van der Waals surface area contributed by atoms with Crippen molar-refractivity contribution in [1.29, 1.82) is 0 Å². The minimum Gasteiger partial charge on any atom is -0.354 e. The number of carbonyl (C=O) groups is 1. The third-order valence-electron chi connectivity index (χ3n) is 3.49. The van der Waals surface area contributed by atoms with Gasteiger partial charge >= 0.3 is 0 Å². The Kier molecular flexibility index (Phi) is 4.33. The predicted octanol–water partition coefficient (Wildman–Crippen LogP) is 0.754. The molecule has 0 aromatic heterocycles. The third-order valence-corrected chi connectivity index (χ3v) is 3.49. The topological polar surface area (TPSA) is 58.4 Å². The summed E-state index contributed by atoms with van der Waals surface area (Å²) in [6.07, 6.45) is 0.947. The molecule has 2 atom stereocenters. The highest BCUT2D eigenvalue weighted by molar-refractivity contribution is 5.79. The van der Waals surface area contributed by atoms with Crippen molar-refractivity contribution in [3.63, 3.8) is 0 Å². The van der Waals surface area contributed by atoms with E-state index in [2.05, 4.69) is 10.2 Å². The van der Waals surface area contributed by atoms with Crippen molar-refractivity contribution in [2.24, 2.45) is 11.7 Å². The Morgan fingerprint density at radius 3 is 2.83 bits per heavy atom. The van der Waals surface area contributed by atoms with Crippen LogP contribution in [-0.2, 0) is 4.79 Å². The molecule has 0 saturated carbocycles. The van der Waals surface area contributed by atoms with Gasteiger partial charge in [-0.15, -0.1) is 0 Å². The molecule has 1 saturated heterocycles. The first-order valence-corrected chi connectivity index (χ1v) is 6.43. The van der Waals surface area contributed by atoms with E-state index in [1.54, 1.807) is 0 Å². The van der Waals surface area contributed by atoms with Crippen LogP contribution in [0.15, 0.2) is 30.3 Å². The molecule has 2 unspecified atom stereocenters. The molecule has 1 fully saturated rings. The van der Waals surface area contributed by atoms with E-state index in [1.165, 1.54) is 0 Å². The molecule has 3 N–H and O–H groups in total. The SMILES string of the molecule is CN1CCC(C(=O)NCC(N)c2ccccc2)C1. The second-order valence-corrected chi connectivity index (χ2v) is 5.01. The minimum absolute atomic E-state index is 0.123. The normalized spacial score (nSPS) is 21.8. The molecule has 18 heavy (non-hydrogen) atoms. The summed E-state index contributed by atoms with van der Waals surface area (Å²) in [6, 6.07) is 9.73. The van der Waals surface area contributed by atoms with E-state index in [-0.39, 0.29) is 17.9 Å². The van der Waals surface area contributed by atoms with Crippen molar-refractivity contribution in [3.8, 4) is 0 Å². The van der Waals surface area contributed by atoms with Gasteiger partial charge in [-0.2, -0.15) is 0 Å². The van der Waals surface area contributed by atoms with Crippen LogP contribution in [-0.4, -0.2) is 37.5 Å². The lowest BCUT2D eigenvalue weighted by molar-refractivity contribution is -0.124. The highest BCUT2D eigenvalue weighted by Gasteiger charge is 2.26. The van der Waals surface area contributed by atoms with Crippen LogP contribution >= 0.6 is 0 Å². The van der Waals surface area contributed by atoms with Gasteiger partial charge in [-0.3, -0.25) is 4.79 Å². The molecule has 4 nitrogen and oxygen atoms in total. The van der Waals surface area contributed by atoms with Crippen LogP contribution in [0.5, 0.6) is 0 Å². The first kappa shape index (κ1) is 13.1. The van der Waals surface area contributed by atoms with Gasteiger partial charge < -0.3 is 16.0 Å². The Bertz CT molecular complexity index is 393.